The Labute approximate surface area is 88.7 Å². The predicted octanol–water partition coefficient (Wildman–Crippen LogP) is 2.45. The molecule has 1 rings (SSSR count). The molecule has 0 unspecified atom stereocenters. The van der Waals surface area contributed by atoms with Gasteiger partial charge in [0.05, 0.1) is 5.02 Å². The van der Waals surface area contributed by atoms with Gasteiger partial charge < -0.3 is 10.2 Å². The highest BCUT2D eigenvalue weighted by Gasteiger charge is 1.99. The van der Waals surface area contributed by atoms with Crippen molar-refractivity contribution in [1.29, 1.82) is 0 Å². The summed E-state index contributed by atoms with van der Waals surface area (Å²) >= 11 is 5.63. The molecule has 0 spiro atoms. The third-order valence-corrected chi connectivity index (χ3v) is 2.10. The lowest BCUT2D eigenvalue weighted by Gasteiger charge is -2.11. The molecule has 0 atom stereocenters. The Kier molecular flexibility index (Phi) is 4.17. The van der Waals surface area contributed by atoms with Gasteiger partial charge in [0.15, 0.2) is 0 Å². The van der Waals surface area contributed by atoms with Crippen LogP contribution >= 0.6 is 11.6 Å². The molecule has 0 aromatic heterocycles. The van der Waals surface area contributed by atoms with E-state index in [-0.39, 0.29) is 10.8 Å². The van der Waals surface area contributed by atoms with Gasteiger partial charge in [-0.3, -0.25) is 0 Å². The van der Waals surface area contributed by atoms with Crippen molar-refractivity contribution < 1.29 is 4.39 Å². The molecule has 78 valence electrons. The van der Waals surface area contributed by atoms with E-state index in [1.54, 1.807) is 12.1 Å². The number of nitrogens with zero attached hydrogens (tertiary/aromatic N) is 1. The fourth-order valence-corrected chi connectivity index (χ4v) is 1.21. The number of hydrogen-bond donors (Lipinski definition) is 1. The van der Waals surface area contributed by atoms with Crippen molar-refractivity contribution in [3.8, 4) is 0 Å². The molecule has 1 aromatic carbocycles. The van der Waals surface area contributed by atoms with Crippen LogP contribution in [0.25, 0.3) is 0 Å². The van der Waals surface area contributed by atoms with Gasteiger partial charge in [-0.25, -0.2) is 4.39 Å². The molecule has 0 aliphatic carbocycles. The van der Waals surface area contributed by atoms with Crippen molar-refractivity contribution in [2.24, 2.45) is 0 Å². The van der Waals surface area contributed by atoms with Gasteiger partial charge in [0.25, 0.3) is 0 Å². The quantitative estimate of drug-likeness (QED) is 0.832. The first kappa shape index (κ1) is 11.3. The van der Waals surface area contributed by atoms with Crippen LogP contribution in [-0.4, -0.2) is 32.1 Å². The smallest absolute Gasteiger partial charge is 0.141 e. The van der Waals surface area contributed by atoms with E-state index in [2.05, 4.69) is 10.2 Å². The summed E-state index contributed by atoms with van der Waals surface area (Å²) in [5.41, 5.74) is 0.846. The van der Waals surface area contributed by atoms with Crippen molar-refractivity contribution in [2.75, 3.05) is 32.5 Å². The third kappa shape index (κ3) is 3.52. The zero-order valence-electron chi connectivity index (χ0n) is 8.35. The molecule has 14 heavy (non-hydrogen) atoms. The molecule has 2 nitrogen and oxygen atoms in total. The first-order valence-corrected chi connectivity index (χ1v) is 4.81. The molecule has 0 heterocycles. The van der Waals surface area contributed by atoms with Gasteiger partial charge >= 0.3 is 0 Å². The van der Waals surface area contributed by atoms with Gasteiger partial charge in [0.2, 0.25) is 0 Å². The lowest BCUT2D eigenvalue weighted by Crippen LogP contribution is -2.20. The Bertz CT molecular complexity index is 302. The van der Waals surface area contributed by atoms with Gasteiger partial charge in [-0.05, 0) is 32.3 Å². The van der Waals surface area contributed by atoms with Crippen LogP contribution in [0, 0.1) is 5.82 Å². The fourth-order valence-electron chi connectivity index (χ4n) is 1.03. The molecule has 0 bridgehead atoms. The molecule has 1 N–H and O–H groups in total. The highest BCUT2D eigenvalue weighted by atomic mass is 35.5. The Balaban J connectivity index is 2.47. The van der Waals surface area contributed by atoms with Crippen LogP contribution in [0.1, 0.15) is 0 Å². The number of hydrogen-bond acceptors (Lipinski definition) is 2. The zero-order chi connectivity index (χ0) is 10.6. The maximum absolute atomic E-state index is 12.8. The Morgan fingerprint density at radius 3 is 2.71 bits per heavy atom. The lowest BCUT2D eigenvalue weighted by atomic mass is 10.3. The number of rotatable bonds is 4. The number of anilines is 1. The molecule has 0 aliphatic heterocycles. The van der Waals surface area contributed by atoms with Crippen molar-refractivity contribution in [3.05, 3.63) is 29.0 Å². The minimum Gasteiger partial charge on any atom is -0.384 e. The van der Waals surface area contributed by atoms with Crippen molar-refractivity contribution in [2.45, 2.75) is 0 Å². The second kappa shape index (κ2) is 5.17. The molecule has 0 saturated heterocycles. The fraction of sp³-hybridized carbons (Fsp3) is 0.400. The van der Waals surface area contributed by atoms with E-state index in [1.807, 2.05) is 14.1 Å². The minimum atomic E-state index is -0.384. The summed E-state index contributed by atoms with van der Waals surface area (Å²) in [7, 11) is 4.00. The highest BCUT2D eigenvalue weighted by molar-refractivity contribution is 6.31. The second-order valence-corrected chi connectivity index (χ2v) is 3.77. The SMILES string of the molecule is CN(C)CCNc1ccc(F)c(Cl)c1. The summed E-state index contributed by atoms with van der Waals surface area (Å²) < 4.78 is 12.8. The molecule has 1 aromatic rings. The Morgan fingerprint density at radius 2 is 2.14 bits per heavy atom. The topological polar surface area (TPSA) is 15.3 Å². The Morgan fingerprint density at radius 1 is 1.43 bits per heavy atom. The van der Waals surface area contributed by atoms with Crippen LogP contribution in [0.2, 0.25) is 5.02 Å². The van der Waals surface area contributed by atoms with Crippen molar-refractivity contribution in [3.63, 3.8) is 0 Å². The maximum Gasteiger partial charge on any atom is 0.141 e. The monoisotopic (exact) mass is 216 g/mol. The molecule has 4 heteroatoms. The van der Waals surface area contributed by atoms with Gasteiger partial charge in [-0.1, -0.05) is 11.6 Å². The van der Waals surface area contributed by atoms with Gasteiger partial charge in [0, 0.05) is 18.8 Å². The normalized spacial score (nSPS) is 10.6. The summed E-state index contributed by atoms with van der Waals surface area (Å²) in [6.45, 7) is 1.74. The van der Waals surface area contributed by atoms with Gasteiger partial charge in [-0.2, -0.15) is 0 Å². The van der Waals surface area contributed by atoms with Crippen LogP contribution in [-0.2, 0) is 0 Å². The van der Waals surface area contributed by atoms with E-state index in [9.17, 15) is 4.39 Å². The summed E-state index contributed by atoms with van der Waals surface area (Å²) in [4.78, 5) is 2.07. The van der Waals surface area contributed by atoms with E-state index in [4.69, 9.17) is 11.6 Å². The van der Waals surface area contributed by atoms with Gasteiger partial charge in [-0.15, -0.1) is 0 Å². The first-order valence-electron chi connectivity index (χ1n) is 4.43. The molecule has 0 radical (unpaired) electrons. The first-order chi connectivity index (χ1) is 6.59. The van der Waals surface area contributed by atoms with E-state index in [1.165, 1.54) is 6.07 Å². The molecular formula is C10H14ClFN2. The Hall–Kier alpha value is -0.800. The minimum absolute atomic E-state index is 0.153. The van der Waals surface area contributed by atoms with Gasteiger partial charge in [0.1, 0.15) is 5.82 Å². The standard InChI is InChI=1S/C10H14ClFN2/c1-14(2)6-5-13-8-3-4-10(12)9(11)7-8/h3-4,7,13H,5-6H2,1-2H3. The molecule has 0 aliphatic rings. The van der Waals surface area contributed by atoms with Crippen LogP contribution in [0.5, 0.6) is 0 Å². The lowest BCUT2D eigenvalue weighted by molar-refractivity contribution is 0.425. The maximum atomic E-state index is 12.8. The number of halogens is 2. The average Bonchev–Trinajstić information content (AvgIpc) is 2.10. The molecular weight excluding hydrogens is 203 g/mol. The number of nitrogens with one attached hydrogen (secondary N) is 1. The van der Waals surface area contributed by atoms with E-state index >= 15 is 0 Å². The summed E-state index contributed by atoms with van der Waals surface area (Å²) in [6, 6.07) is 4.63. The van der Waals surface area contributed by atoms with Crippen LogP contribution in [0.4, 0.5) is 10.1 Å². The summed E-state index contributed by atoms with van der Waals surface area (Å²) in [5.74, 6) is -0.384. The average molecular weight is 217 g/mol. The molecule has 0 amide bonds. The molecule has 0 saturated carbocycles. The van der Waals surface area contributed by atoms with E-state index in [0.29, 0.717) is 0 Å². The summed E-state index contributed by atoms with van der Waals surface area (Å²) in [5, 5.41) is 3.30. The second-order valence-electron chi connectivity index (χ2n) is 3.36. The predicted molar refractivity (Wildman–Crippen MR) is 58.5 cm³/mol. The number of likely N-dealkylation sites (N-methyl/N-ethyl adjacent to an activating group) is 1. The van der Waals surface area contributed by atoms with Crippen LogP contribution < -0.4 is 5.32 Å². The highest BCUT2D eigenvalue weighted by Crippen LogP contribution is 2.18. The molecule has 0 fully saturated rings. The van der Waals surface area contributed by atoms with Crippen LogP contribution in [0.15, 0.2) is 18.2 Å². The summed E-state index contributed by atoms with van der Waals surface area (Å²) in [6.07, 6.45) is 0. The third-order valence-electron chi connectivity index (χ3n) is 1.81. The number of benzene rings is 1. The van der Waals surface area contributed by atoms with Crippen LogP contribution in [0.3, 0.4) is 0 Å². The zero-order valence-corrected chi connectivity index (χ0v) is 9.11. The van der Waals surface area contributed by atoms with E-state index in [0.717, 1.165) is 18.8 Å². The van der Waals surface area contributed by atoms with E-state index < -0.39 is 0 Å². The van der Waals surface area contributed by atoms with Crippen molar-refractivity contribution >= 4 is 17.3 Å². The van der Waals surface area contributed by atoms with Crippen molar-refractivity contribution in [1.82, 2.24) is 4.90 Å². The largest absolute Gasteiger partial charge is 0.384 e.